The molecule has 0 aromatic heterocycles. The summed E-state index contributed by atoms with van der Waals surface area (Å²) in [4.78, 5) is 22.7. The number of hydrogen-bond donors (Lipinski definition) is 0. The first-order valence-electron chi connectivity index (χ1n) is 4.83. The van der Waals surface area contributed by atoms with Gasteiger partial charge in [0.15, 0.2) is 5.60 Å². The number of ether oxygens (including phenoxy) is 1. The number of hydrogen-bond acceptors (Lipinski definition) is 3. The maximum absolute atomic E-state index is 13.3. The summed E-state index contributed by atoms with van der Waals surface area (Å²) in [6.45, 7) is 4.07. The van der Waals surface area contributed by atoms with Crippen molar-refractivity contribution in [3.63, 3.8) is 0 Å². The summed E-state index contributed by atoms with van der Waals surface area (Å²) in [6, 6.07) is 5.60. The van der Waals surface area contributed by atoms with Crippen LogP contribution in [0, 0.1) is 5.82 Å². The van der Waals surface area contributed by atoms with Gasteiger partial charge in [-0.05, 0) is 26.0 Å². The number of benzene rings is 1. The molecule has 1 aromatic carbocycles. The minimum Gasteiger partial charge on any atom is -0.451 e. The second-order valence-corrected chi connectivity index (χ2v) is 3.91. The largest absolute Gasteiger partial charge is 0.451 e. The summed E-state index contributed by atoms with van der Waals surface area (Å²) in [5.74, 6) is -1.75. The number of carbonyl (C=O) groups excluding carboxylic acids is 2. The summed E-state index contributed by atoms with van der Waals surface area (Å²) in [5, 5.41) is 0. The van der Waals surface area contributed by atoms with E-state index in [0.717, 1.165) is 0 Å². The van der Waals surface area contributed by atoms with Gasteiger partial charge in [-0.3, -0.25) is 9.59 Å². The maximum atomic E-state index is 13.3. The lowest BCUT2D eigenvalue weighted by Crippen LogP contribution is -2.37. The molecule has 0 N–H and O–H groups in total. The van der Waals surface area contributed by atoms with Crippen LogP contribution >= 0.6 is 0 Å². The number of rotatable bonds is 3. The number of esters is 1. The summed E-state index contributed by atoms with van der Waals surface area (Å²) in [7, 11) is 0. The van der Waals surface area contributed by atoms with Crippen LogP contribution in [-0.2, 0) is 9.53 Å². The Bertz CT molecular complexity index is 424. The second-order valence-electron chi connectivity index (χ2n) is 3.91. The van der Waals surface area contributed by atoms with Crippen LogP contribution in [0.25, 0.3) is 0 Å². The number of halogens is 1. The predicted molar refractivity (Wildman–Crippen MR) is 56.6 cm³/mol. The minimum absolute atomic E-state index is 0.0752. The summed E-state index contributed by atoms with van der Waals surface area (Å²) < 4.78 is 18.2. The quantitative estimate of drug-likeness (QED) is 0.584. The fraction of sp³-hybridized carbons (Fsp3) is 0.333. The standard InChI is InChI=1S/C12H13FO3/c1-8(14)16-12(2,3)11(15)9-6-4-5-7-10(9)13/h4-7H,1-3H3. The van der Waals surface area contributed by atoms with Crippen molar-refractivity contribution in [1.82, 2.24) is 0 Å². The average molecular weight is 224 g/mol. The normalized spacial score (nSPS) is 11.0. The van der Waals surface area contributed by atoms with E-state index in [-0.39, 0.29) is 5.56 Å². The highest BCUT2D eigenvalue weighted by Gasteiger charge is 2.33. The molecular weight excluding hydrogens is 211 g/mol. The average Bonchev–Trinajstić information content (AvgIpc) is 2.15. The molecule has 1 aromatic rings. The zero-order valence-electron chi connectivity index (χ0n) is 9.41. The van der Waals surface area contributed by atoms with Gasteiger partial charge < -0.3 is 4.74 Å². The Balaban J connectivity index is 3.02. The molecule has 0 aliphatic heterocycles. The number of carbonyl (C=O) groups is 2. The van der Waals surface area contributed by atoms with Crippen molar-refractivity contribution in [1.29, 1.82) is 0 Å². The molecule has 0 saturated heterocycles. The fourth-order valence-corrected chi connectivity index (χ4v) is 1.38. The van der Waals surface area contributed by atoms with E-state index in [1.54, 1.807) is 6.07 Å². The second kappa shape index (κ2) is 4.43. The van der Waals surface area contributed by atoms with E-state index in [1.165, 1.54) is 39.0 Å². The summed E-state index contributed by atoms with van der Waals surface area (Å²) in [5.41, 5.74) is -1.43. The van der Waals surface area contributed by atoms with Crippen molar-refractivity contribution in [3.8, 4) is 0 Å². The molecule has 16 heavy (non-hydrogen) atoms. The first-order chi connectivity index (χ1) is 7.34. The Hall–Kier alpha value is -1.71. The van der Waals surface area contributed by atoms with Gasteiger partial charge in [0.25, 0.3) is 0 Å². The van der Waals surface area contributed by atoms with Gasteiger partial charge in [0.2, 0.25) is 5.78 Å². The van der Waals surface area contributed by atoms with Crippen molar-refractivity contribution in [2.75, 3.05) is 0 Å². The van der Waals surface area contributed by atoms with E-state index in [0.29, 0.717) is 0 Å². The van der Waals surface area contributed by atoms with Crippen LogP contribution < -0.4 is 0 Å². The van der Waals surface area contributed by atoms with Crippen LogP contribution in [0.2, 0.25) is 0 Å². The third-order valence-corrected chi connectivity index (χ3v) is 2.06. The predicted octanol–water partition coefficient (Wildman–Crippen LogP) is 2.35. The molecule has 3 nitrogen and oxygen atoms in total. The molecule has 0 fully saturated rings. The van der Waals surface area contributed by atoms with Gasteiger partial charge in [0.05, 0.1) is 5.56 Å². The van der Waals surface area contributed by atoms with Gasteiger partial charge in [0, 0.05) is 6.92 Å². The molecule has 0 radical (unpaired) electrons. The fourth-order valence-electron chi connectivity index (χ4n) is 1.38. The van der Waals surface area contributed by atoms with E-state index in [4.69, 9.17) is 4.74 Å². The Morgan fingerprint density at radius 3 is 2.31 bits per heavy atom. The van der Waals surface area contributed by atoms with Crippen molar-refractivity contribution in [2.45, 2.75) is 26.4 Å². The molecular formula is C12H13FO3. The number of ketones is 1. The van der Waals surface area contributed by atoms with Crippen LogP contribution in [0.5, 0.6) is 0 Å². The van der Waals surface area contributed by atoms with Crippen LogP contribution in [0.3, 0.4) is 0 Å². The molecule has 0 bridgehead atoms. The molecule has 0 atom stereocenters. The monoisotopic (exact) mass is 224 g/mol. The Morgan fingerprint density at radius 2 is 1.81 bits per heavy atom. The lowest BCUT2D eigenvalue weighted by Gasteiger charge is -2.22. The van der Waals surface area contributed by atoms with Crippen molar-refractivity contribution < 1.29 is 18.7 Å². The van der Waals surface area contributed by atoms with Gasteiger partial charge in [0.1, 0.15) is 5.82 Å². The van der Waals surface area contributed by atoms with Crippen LogP contribution in [0.15, 0.2) is 24.3 Å². The Labute approximate surface area is 93.2 Å². The van der Waals surface area contributed by atoms with E-state index >= 15 is 0 Å². The molecule has 4 heteroatoms. The minimum atomic E-state index is -1.35. The first kappa shape index (κ1) is 12.4. The first-order valence-corrected chi connectivity index (χ1v) is 4.83. The lowest BCUT2D eigenvalue weighted by atomic mass is 9.96. The van der Waals surface area contributed by atoms with Gasteiger partial charge in [-0.1, -0.05) is 12.1 Å². The van der Waals surface area contributed by atoms with E-state index < -0.39 is 23.2 Å². The maximum Gasteiger partial charge on any atom is 0.303 e. The zero-order chi connectivity index (χ0) is 12.3. The third-order valence-electron chi connectivity index (χ3n) is 2.06. The highest BCUT2D eigenvalue weighted by Crippen LogP contribution is 2.19. The molecule has 0 saturated carbocycles. The van der Waals surface area contributed by atoms with Gasteiger partial charge in [-0.2, -0.15) is 0 Å². The SMILES string of the molecule is CC(=O)OC(C)(C)C(=O)c1ccccc1F. The molecule has 86 valence electrons. The van der Waals surface area contributed by atoms with E-state index in [9.17, 15) is 14.0 Å². The Morgan fingerprint density at radius 1 is 1.25 bits per heavy atom. The van der Waals surface area contributed by atoms with E-state index in [2.05, 4.69) is 0 Å². The molecule has 0 unspecified atom stereocenters. The van der Waals surface area contributed by atoms with Gasteiger partial charge in [-0.15, -0.1) is 0 Å². The molecule has 0 spiro atoms. The zero-order valence-corrected chi connectivity index (χ0v) is 9.41. The Kier molecular flexibility index (Phi) is 3.42. The number of Topliss-reactive ketones (excluding diaryl/α,β-unsaturated/α-hetero) is 1. The molecule has 1 rings (SSSR count). The van der Waals surface area contributed by atoms with Crippen molar-refractivity contribution in [3.05, 3.63) is 35.6 Å². The van der Waals surface area contributed by atoms with Gasteiger partial charge >= 0.3 is 5.97 Å². The molecule has 0 aliphatic rings. The molecule has 0 amide bonds. The lowest BCUT2D eigenvalue weighted by molar-refractivity contribution is -0.149. The summed E-state index contributed by atoms with van der Waals surface area (Å²) >= 11 is 0. The van der Waals surface area contributed by atoms with E-state index in [1.807, 2.05) is 0 Å². The third kappa shape index (κ3) is 2.66. The highest BCUT2D eigenvalue weighted by molar-refractivity contribution is 6.03. The van der Waals surface area contributed by atoms with Crippen LogP contribution in [-0.4, -0.2) is 17.4 Å². The van der Waals surface area contributed by atoms with Crippen LogP contribution in [0.4, 0.5) is 4.39 Å². The smallest absolute Gasteiger partial charge is 0.303 e. The van der Waals surface area contributed by atoms with Crippen molar-refractivity contribution in [2.24, 2.45) is 0 Å². The highest BCUT2D eigenvalue weighted by atomic mass is 19.1. The van der Waals surface area contributed by atoms with Crippen LogP contribution in [0.1, 0.15) is 31.1 Å². The topological polar surface area (TPSA) is 43.4 Å². The molecule has 0 heterocycles. The molecule has 0 aliphatic carbocycles. The summed E-state index contributed by atoms with van der Waals surface area (Å²) in [6.07, 6.45) is 0. The van der Waals surface area contributed by atoms with Gasteiger partial charge in [-0.25, -0.2) is 4.39 Å². The van der Waals surface area contributed by atoms with Crippen molar-refractivity contribution >= 4 is 11.8 Å².